The Labute approximate surface area is 124 Å². The molecule has 1 saturated carbocycles. The Morgan fingerprint density at radius 1 is 1.19 bits per heavy atom. The van der Waals surface area contributed by atoms with Crippen LogP contribution in [0, 0.1) is 0 Å². The van der Waals surface area contributed by atoms with Crippen LogP contribution < -0.4 is 14.8 Å². The molecule has 0 saturated heterocycles. The number of aromatic nitrogens is 2. The Balaban J connectivity index is 1.88. The van der Waals surface area contributed by atoms with Crippen molar-refractivity contribution in [1.29, 1.82) is 0 Å². The van der Waals surface area contributed by atoms with E-state index in [1.807, 2.05) is 38.2 Å². The summed E-state index contributed by atoms with van der Waals surface area (Å²) in [6, 6.07) is 9.41. The molecular formula is C16H19N3O2. The van der Waals surface area contributed by atoms with Gasteiger partial charge in [-0.15, -0.1) is 0 Å². The van der Waals surface area contributed by atoms with E-state index in [0.29, 0.717) is 24.2 Å². The first-order valence-electron chi connectivity index (χ1n) is 7.26. The zero-order valence-electron chi connectivity index (χ0n) is 12.3. The van der Waals surface area contributed by atoms with Gasteiger partial charge in [0.2, 0.25) is 5.88 Å². The molecule has 0 bridgehead atoms. The van der Waals surface area contributed by atoms with Crippen LogP contribution in [-0.4, -0.2) is 23.6 Å². The van der Waals surface area contributed by atoms with Crippen LogP contribution in [-0.2, 0) is 0 Å². The van der Waals surface area contributed by atoms with E-state index in [1.165, 1.54) is 0 Å². The van der Waals surface area contributed by atoms with Crippen LogP contribution in [0.2, 0.25) is 0 Å². The van der Waals surface area contributed by atoms with Crippen molar-refractivity contribution in [2.75, 3.05) is 19.0 Å². The predicted molar refractivity (Wildman–Crippen MR) is 81.2 cm³/mol. The zero-order valence-corrected chi connectivity index (χ0v) is 12.3. The first kappa shape index (κ1) is 13.7. The molecule has 0 atom stereocenters. The molecule has 0 radical (unpaired) electrons. The van der Waals surface area contributed by atoms with E-state index < -0.39 is 0 Å². The summed E-state index contributed by atoms with van der Waals surface area (Å²) >= 11 is 0. The number of anilines is 1. The van der Waals surface area contributed by atoms with E-state index in [9.17, 15) is 0 Å². The Morgan fingerprint density at radius 3 is 2.62 bits per heavy atom. The average Bonchev–Trinajstić information content (AvgIpc) is 3.34. The van der Waals surface area contributed by atoms with E-state index in [0.717, 1.165) is 30.2 Å². The fourth-order valence-corrected chi connectivity index (χ4v) is 2.07. The highest BCUT2D eigenvalue weighted by atomic mass is 16.5. The third-order valence-electron chi connectivity index (χ3n) is 3.28. The maximum atomic E-state index is 5.91. The molecule has 1 heterocycles. The largest absolute Gasteiger partial charge is 0.490 e. The van der Waals surface area contributed by atoms with Gasteiger partial charge in [-0.2, -0.15) is 4.98 Å². The number of hydrogen-bond donors (Lipinski definition) is 1. The molecule has 1 fully saturated rings. The third-order valence-corrected chi connectivity index (χ3v) is 3.28. The van der Waals surface area contributed by atoms with Gasteiger partial charge in [-0.25, -0.2) is 4.98 Å². The quantitative estimate of drug-likeness (QED) is 0.879. The fourth-order valence-electron chi connectivity index (χ4n) is 2.07. The summed E-state index contributed by atoms with van der Waals surface area (Å²) in [5.74, 6) is 4.03. The van der Waals surface area contributed by atoms with Crippen molar-refractivity contribution in [3.63, 3.8) is 0 Å². The average molecular weight is 285 g/mol. The highest BCUT2D eigenvalue weighted by Gasteiger charge is 2.27. The molecule has 21 heavy (non-hydrogen) atoms. The Hall–Kier alpha value is -2.30. The molecule has 0 amide bonds. The summed E-state index contributed by atoms with van der Waals surface area (Å²) in [4.78, 5) is 8.99. The van der Waals surface area contributed by atoms with Gasteiger partial charge in [0.1, 0.15) is 11.6 Å². The first-order chi connectivity index (χ1) is 10.3. The van der Waals surface area contributed by atoms with E-state index in [-0.39, 0.29) is 0 Å². The van der Waals surface area contributed by atoms with Crippen molar-refractivity contribution < 1.29 is 9.47 Å². The molecule has 1 aromatic heterocycles. The Bertz CT molecular complexity index is 627. The standard InChI is InChI=1S/C16H19N3O2/c1-3-20-12-6-4-5-7-13(12)21-15-10-14(17-2)18-16(19-15)11-8-9-11/h4-7,10-11H,3,8-9H2,1-2H3,(H,17,18,19). The summed E-state index contributed by atoms with van der Waals surface area (Å²) in [5, 5.41) is 3.05. The molecule has 1 aliphatic carbocycles. The van der Waals surface area contributed by atoms with Crippen LogP contribution in [0.3, 0.4) is 0 Å². The number of rotatable bonds is 6. The lowest BCUT2D eigenvalue weighted by Crippen LogP contribution is -2.02. The molecule has 3 rings (SSSR count). The topological polar surface area (TPSA) is 56.3 Å². The van der Waals surface area contributed by atoms with Gasteiger partial charge in [-0.1, -0.05) is 12.1 Å². The lowest BCUT2D eigenvalue weighted by atomic mass is 10.3. The second-order valence-electron chi connectivity index (χ2n) is 4.96. The normalized spacial score (nSPS) is 13.8. The minimum atomic E-state index is 0.475. The molecule has 110 valence electrons. The number of hydrogen-bond acceptors (Lipinski definition) is 5. The van der Waals surface area contributed by atoms with Gasteiger partial charge in [0, 0.05) is 19.0 Å². The number of benzene rings is 1. The van der Waals surface area contributed by atoms with Crippen LogP contribution in [0.4, 0.5) is 5.82 Å². The second kappa shape index (κ2) is 5.99. The fraction of sp³-hybridized carbons (Fsp3) is 0.375. The van der Waals surface area contributed by atoms with Crippen LogP contribution in [0.25, 0.3) is 0 Å². The monoisotopic (exact) mass is 285 g/mol. The van der Waals surface area contributed by atoms with E-state index in [1.54, 1.807) is 6.07 Å². The molecule has 2 aromatic rings. The van der Waals surface area contributed by atoms with Crippen LogP contribution in [0.1, 0.15) is 31.5 Å². The van der Waals surface area contributed by atoms with Crippen molar-refractivity contribution in [3.05, 3.63) is 36.2 Å². The summed E-state index contributed by atoms with van der Waals surface area (Å²) < 4.78 is 11.5. The summed E-state index contributed by atoms with van der Waals surface area (Å²) in [6.45, 7) is 2.55. The van der Waals surface area contributed by atoms with Gasteiger partial charge in [0.05, 0.1) is 6.61 Å². The minimum Gasteiger partial charge on any atom is -0.490 e. The van der Waals surface area contributed by atoms with Crippen molar-refractivity contribution >= 4 is 5.82 Å². The van der Waals surface area contributed by atoms with Gasteiger partial charge < -0.3 is 14.8 Å². The predicted octanol–water partition coefficient (Wildman–Crippen LogP) is 3.59. The summed E-state index contributed by atoms with van der Waals surface area (Å²) in [6.07, 6.45) is 2.31. The Kier molecular flexibility index (Phi) is 3.90. The lowest BCUT2D eigenvalue weighted by Gasteiger charge is -2.12. The zero-order chi connectivity index (χ0) is 14.7. The highest BCUT2D eigenvalue weighted by molar-refractivity contribution is 5.44. The van der Waals surface area contributed by atoms with Crippen LogP contribution >= 0.6 is 0 Å². The van der Waals surface area contributed by atoms with Crippen LogP contribution in [0.15, 0.2) is 30.3 Å². The van der Waals surface area contributed by atoms with Crippen molar-refractivity contribution in [3.8, 4) is 17.4 Å². The highest BCUT2D eigenvalue weighted by Crippen LogP contribution is 2.40. The number of nitrogens with zero attached hydrogens (tertiary/aromatic N) is 2. The van der Waals surface area contributed by atoms with E-state index >= 15 is 0 Å². The van der Waals surface area contributed by atoms with Gasteiger partial charge in [0.15, 0.2) is 11.5 Å². The minimum absolute atomic E-state index is 0.475. The van der Waals surface area contributed by atoms with Crippen molar-refractivity contribution in [2.45, 2.75) is 25.7 Å². The van der Waals surface area contributed by atoms with E-state index in [4.69, 9.17) is 9.47 Å². The van der Waals surface area contributed by atoms with E-state index in [2.05, 4.69) is 15.3 Å². The number of nitrogens with one attached hydrogen (secondary N) is 1. The summed E-state index contributed by atoms with van der Waals surface area (Å²) in [5.41, 5.74) is 0. The lowest BCUT2D eigenvalue weighted by molar-refractivity contribution is 0.319. The molecule has 1 aliphatic rings. The molecule has 5 heteroatoms. The maximum Gasteiger partial charge on any atom is 0.224 e. The van der Waals surface area contributed by atoms with Gasteiger partial charge in [0.25, 0.3) is 0 Å². The Morgan fingerprint density at radius 2 is 1.95 bits per heavy atom. The SMILES string of the molecule is CCOc1ccccc1Oc1cc(NC)nc(C2CC2)n1. The summed E-state index contributed by atoms with van der Waals surface area (Å²) in [7, 11) is 1.84. The van der Waals surface area contributed by atoms with Crippen molar-refractivity contribution in [1.82, 2.24) is 9.97 Å². The number of para-hydroxylation sites is 2. The van der Waals surface area contributed by atoms with Gasteiger partial charge >= 0.3 is 0 Å². The van der Waals surface area contributed by atoms with Crippen molar-refractivity contribution in [2.24, 2.45) is 0 Å². The maximum absolute atomic E-state index is 5.91. The van der Waals surface area contributed by atoms with Gasteiger partial charge in [-0.3, -0.25) is 0 Å². The molecule has 0 unspecified atom stereocenters. The van der Waals surface area contributed by atoms with Gasteiger partial charge in [-0.05, 0) is 31.9 Å². The molecule has 1 N–H and O–H groups in total. The molecule has 0 aliphatic heterocycles. The third kappa shape index (κ3) is 3.24. The molecule has 5 nitrogen and oxygen atoms in total. The molecular weight excluding hydrogens is 266 g/mol. The molecule has 0 spiro atoms. The smallest absolute Gasteiger partial charge is 0.224 e. The second-order valence-corrected chi connectivity index (χ2v) is 4.96. The van der Waals surface area contributed by atoms with Crippen LogP contribution in [0.5, 0.6) is 17.4 Å². The first-order valence-corrected chi connectivity index (χ1v) is 7.26. The number of ether oxygens (including phenoxy) is 2. The molecule has 1 aromatic carbocycles.